The summed E-state index contributed by atoms with van der Waals surface area (Å²) in [5.74, 6) is 0. The molecule has 2 nitrogen and oxygen atoms in total. The quantitative estimate of drug-likeness (QED) is 0.801. The monoisotopic (exact) mass is 197 g/mol. The number of para-hydroxylation sites is 2. The number of anilines is 1. The molecule has 0 spiro atoms. The molecule has 0 amide bonds. The molecule has 0 aliphatic carbocycles. The molecule has 0 atom stereocenters. The first-order valence-electron chi connectivity index (χ1n) is 4.96. The number of rotatable bonds is 4. The summed E-state index contributed by atoms with van der Waals surface area (Å²) in [6, 6.07) is 20.0. The Kier molecular flexibility index (Phi) is 3.23. The molecular weight excluding hydrogens is 184 g/mol. The topological polar surface area (TPSA) is 26.1 Å². The number of nitrogens with one attached hydrogen (secondary N) is 1. The van der Waals surface area contributed by atoms with Gasteiger partial charge < -0.3 is 5.32 Å². The minimum Gasteiger partial charge on any atom is -0.366 e. The maximum Gasteiger partial charge on any atom is 0.108 e. The molecule has 0 fully saturated rings. The molecule has 1 radical (unpaired) electrons. The van der Waals surface area contributed by atoms with Crippen molar-refractivity contribution in [3.8, 4) is 0 Å². The first-order chi connectivity index (χ1) is 7.45. The van der Waals surface area contributed by atoms with Gasteiger partial charge in [-0.05, 0) is 24.3 Å². The largest absolute Gasteiger partial charge is 0.366 e. The molecule has 0 unspecified atom stereocenters. The van der Waals surface area contributed by atoms with Gasteiger partial charge in [0.15, 0.2) is 0 Å². The average Bonchev–Trinajstić information content (AvgIpc) is 2.32. The van der Waals surface area contributed by atoms with E-state index in [2.05, 4.69) is 10.6 Å². The molecule has 1 N–H and O–H groups in total. The molecule has 0 heterocycles. The number of nitrogens with zero attached hydrogens (tertiary/aromatic N) is 1. The van der Waals surface area contributed by atoms with Gasteiger partial charge >= 0.3 is 0 Å². The van der Waals surface area contributed by atoms with Crippen molar-refractivity contribution in [2.45, 2.75) is 0 Å². The smallest absolute Gasteiger partial charge is 0.108 e. The lowest BCUT2D eigenvalue weighted by Gasteiger charge is -2.06. The van der Waals surface area contributed by atoms with E-state index in [1.165, 1.54) is 0 Å². The van der Waals surface area contributed by atoms with Crippen LogP contribution in [0.4, 0.5) is 11.4 Å². The van der Waals surface area contributed by atoms with Gasteiger partial charge in [0.25, 0.3) is 0 Å². The van der Waals surface area contributed by atoms with Crippen LogP contribution in [0, 0.1) is 0 Å². The highest BCUT2D eigenvalue weighted by atomic mass is 15.1. The highest BCUT2D eigenvalue weighted by Gasteiger charge is 1.91. The fourth-order valence-electron chi connectivity index (χ4n) is 1.31. The van der Waals surface area contributed by atoms with E-state index >= 15 is 0 Å². The summed E-state index contributed by atoms with van der Waals surface area (Å²) in [5, 5.41) is 7.62. The Hall–Kier alpha value is -1.96. The van der Waals surface area contributed by atoms with E-state index in [9.17, 15) is 0 Å². The Labute approximate surface area is 90.0 Å². The second-order valence-corrected chi connectivity index (χ2v) is 3.19. The van der Waals surface area contributed by atoms with Crippen LogP contribution < -0.4 is 10.6 Å². The highest BCUT2D eigenvalue weighted by molar-refractivity contribution is 5.43. The lowest BCUT2D eigenvalue weighted by Crippen LogP contribution is -2.10. The van der Waals surface area contributed by atoms with Crippen LogP contribution in [0.15, 0.2) is 60.7 Å². The van der Waals surface area contributed by atoms with Gasteiger partial charge in [0.2, 0.25) is 0 Å². The number of hydrogen-bond donors (Lipinski definition) is 1. The third kappa shape index (κ3) is 3.02. The second kappa shape index (κ2) is 5.05. The van der Waals surface area contributed by atoms with Crippen molar-refractivity contribution in [3.63, 3.8) is 0 Å². The molecule has 0 saturated heterocycles. The van der Waals surface area contributed by atoms with Crippen LogP contribution in [0.3, 0.4) is 0 Å². The zero-order valence-corrected chi connectivity index (χ0v) is 8.43. The van der Waals surface area contributed by atoms with E-state index in [0.717, 1.165) is 11.4 Å². The Morgan fingerprint density at radius 2 is 1.40 bits per heavy atom. The van der Waals surface area contributed by atoms with Crippen LogP contribution in [0.25, 0.3) is 0 Å². The second-order valence-electron chi connectivity index (χ2n) is 3.19. The fourth-order valence-corrected chi connectivity index (χ4v) is 1.31. The van der Waals surface area contributed by atoms with Crippen LogP contribution in [-0.4, -0.2) is 6.67 Å². The Balaban J connectivity index is 1.81. The standard InChI is InChI=1S/C13H13N2/c1-3-7-12(8-4-1)14-11-15-13-9-5-2-6-10-13/h1-10,14H,11H2. The van der Waals surface area contributed by atoms with Crippen LogP contribution in [0.1, 0.15) is 0 Å². The van der Waals surface area contributed by atoms with Gasteiger partial charge in [-0.1, -0.05) is 36.4 Å². The van der Waals surface area contributed by atoms with Gasteiger partial charge in [-0.3, -0.25) is 5.32 Å². The van der Waals surface area contributed by atoms with Crippen LogP contribution in [-0.2, 0) is 0 Å². The molecule has 15 heavy (non-hydrogen) atoms. The predicted molar refractivity (Wildman–Crippen MR) is 63.2 cm³/mol. The molecule has 2 heteroatoms. The predicted octanol–water partition coefficient (Wildman–Crippen LogP) is 2.99. The lowest BCUT2D eigenvalue weighted by molar-refractivity contribution is 0.924. The molecule has 0 aliphatic heterocycles. The Bertz CT molecular complexity index is 344. The Morgan fingerprint density at radius 1 is 0.800 bits per heavy atom. The first-order valence-corrected chi connectivity index (χ1v) is 4.96. The van der Waals surface area contributed by atoms with Crippen molar-refractivity contribution in [2.75, 3.05) is 12.0 Å². The van der Waals surface area contributed by atoms with Gasteiger partial charge in [0, 0.05) is 5.69 Å². The lowest BCUT2D eigenvalue weighted by atomic mass is 10.3. The van der Waals surface area contributed by atoms with E-state index in [1.807, 2.05) is 60.7 Å². The molecule has 2 rings (SSSR count). The molecule has 0 aromatic heterocycles. The molecule has 75 valence electrons. The van der Waals surface area contributed by atoms with Gasteiger partial charge in [-0.15, -0.1) is 0 Å². The summed E-state index contributed by atoms with van der Waals surface area (Å²) in [5.41, 5.74) is 2.10. The molecule has 0 saturated carbocycles. The SMILES string of the molecule is c1ccc([N]CNc2ccccc2)cc1. The van der Waals surface area contributed by atoms with Gasteiger partial charge in [-0.25, -0.2) is 0 Å². The maximum atomic E-state index is 4.39. The Morgan fingerprint density at radius 3 is 2.07 bits per heavy atom. The molecule has 0 aliphatic rings. The van der Waals surface area contributed by atoms with E-state index < -0.39 is 0 Å². The van der Waals surface area contributed by atoms with Crippen molar-refractivity contribution >= 4 is 11.4 Å². The molecule has 2 aromatic rings. The van der Waals surface area contributed by atoms with E-state index in [4.69, 9.17) is 0 Å². The van der Waals surface area contributed by atoms with Gasteiger partial charge in [-0.2, -0.15) is 0 Å². The van der Waals surface area contributed by atoms with E-state index in [1.54, 1.807) is 0 Å². The van der Waals surface area contributed by atoms with E-state index in [-0.39, 0.29) is 0 Å². The maximum absolute atomic E-state index is 4.39. The summed E-state index contributed by atoms with van der Waals surface area (Å²) in [6.07, 6.45) is 0. The number of hydrogen-bond acceptors (Lipinski definition) is 1. The first kappa shape index (κ1) is 9.59. The third-order valence-electron chi connectivity index (χ3n) is 2.07. The summed E-state index contributed by atoms with van der Waals surface area (Å²) in [6.45, 7) is 0.605. The van der Waals surface area contributed by atoms with Crippen molar-refractivity contribution in [1.82, 2.24) is 5.32 Å². The minimum absolute atomic E-state index is 0.605. The summed E-state index contributed by atoms with van der Waals surface area (Å²) >= 11 is 0. The summed E-state index contributed by atoms with van der Waals surface area (Å²) in [4.78, 5) is 0. The van der Waals surface area contributed by atoms with Crippen molar-refractivity contribution < 1.29 is 0 Å². The molecule has 0 bridgehead atoms. The normalized spacial score (nSPS) is 9.60. The average molecular weight is 197 g/mol. The van der Waals surface area contributed by atoms with Crippen molar-refractivity contribution in [3.05, 3.63) is 60.7 Å². The van der Waals surface area contributed by atoms with Crippen LogP contribution in [0.2, 0.25) is 0 Å². The van der Waals surface area contributed by atoms with Gasteiger partial charge in [0.05, 0.1) is 5.69 Å². The zero-order valence-electron chi connectivity index (χ0n) is 8.43. The van der Waals surface area contributed by atoms with Crippen molar-refractivity contribution in [1.29, 1.82) is 0 Å². The third-order valence-corrected chi connectivity index (χ3v) is 2.07. The van der Waals surface area contributed by atoms with Crippen LogP contribution >= 0.6 is 0 Å². The zero-order chi connectivity index (χ0) is 10.3. The van der Waals surface area contributed by atoms with Gasteiger partial charge in [0.1, 0.15) is 6.67 Å². The highest BCUT2D eigenvalue weighted by Crippen LogP contribution is 2.07. The van der Waals surface area contributed by atoms with E-state index in [0.29, 0.717) is 6.67 Å². The van der Waals surface area contributed by atoms with Crippen molar-refractivity contribution in [2.24, 2.45) is 0 Å². The summed E-state index contributed by atoms with van der Waals surface area (Å²) < 4.78 is 0. The molecule has 2 aromatic carbocycles. The number of benzene rings is 2. The minimum atomic E-state index is 0.605. The summed E-state index contributed by atoms with van der Waals surface area (Å²) in [7, 11) is 0. The fraction of sp³-hybridized carbons (Fsp3) is 0.0769. The molecular formula is C13H13N2. The van der Waals surface area contributed by atoms with Crippen LogP contribution in [0.5, 0.6) is 0 Å².